The van der Waals surface area contributed by atoms with Gasteiger partial charge < -0.3 is 0 Å². The van der Waals surface area contributed by atoms with Crippen molar-refractivity contribution in [2.75, 3.05) is 18.1 Å². The summed E-state index contributed by atoms with van der Waals surface area (Å²) in [5.41, 5.74) is 1.12. The van der Waals surface area contributed by atoms with Crippen LogP contribution in [0.2, 0.25) is 0 Å². The van der Waals surface area contributed by atoms with Crippen LogP contribution < -0.4 is 0 Å². The normalized spacial score (nSPS) is 17.5. The lowest BCUT2D eigenvalue weighted by molar-refractivity contribution is 0.426. The van der Waals surface area contributed by atoms with E-state index in [-0.39, 0.29) is 5.75 Å². The lowest BCUT2D eigenvalue weighted by Crippen LogP contribution is -2.33. The number of hydrogen-bond donors (Lipinski definition) is 0. The fourth-order valence-electron chi connectivity index (χ4n) is 1.93. The molecule has 1 aliphatic heterocycles. The average Bonchev–Trinajstić information content (AvgIpc) is 2.51. The van der Waals surface area contributed by atoms with E-state index < -0.39 is 10.0 Å². The van der Waals surface area contributed by atoms with Gasteiger partial charge in [-0.05, 0) is 18.1 Å². The van der Waals surface area contributed by atoms with Gasteiger partial charge in [-0.3, -0.25) is 0 Å². The molecule has 94 valence electrons. The van der Waals surface area contributed by atoms with E-state index in [1.54, 1.807) is 16.1 Å². The molecule has 0 N–H and O–H groups in total. The molecule has 0 aliphatic carbocycles. The predicted octanol–water partition coefficient (Wildman–Crippen LogP) is 2.33. The molecule has 2 rings (SSSR count). The molecule has 5 heteroatoms. The first-order valence-corrected chi connectivity index (χ1v) is 8.41. The minimum Gasteiger partial charge on any atom is -0.212 e. The van der Waals surface area contributed by atoms with Crippen molar-refractivity contribution >= 4 is 21.8 Å². The summed E-state index contributed by atoms with van der Waals surface area (Å²) in [6, 6.07) is 8.05. The summed E-state index contributed by atoms with van der Waals surface area (Å²) in [5, 5.41) is 0. The Labute approximate surface area is 107 Å². The van der Waals surface area contributed by atoms with E-state index in [1.807, 2.05) is 25.1 Å². The fourth-order valence-corrected chi connectivity index (χ4v) is 4.55. The van der Waals surface area contributed by atoms with Crippen LogP contribution in [0.15, 0.2) is 29.2 Å². The SMILES string of the molecule is CCCS(=O)(=O)N1CCSc2ccccc2C1. The summed E-state index contributed by atoms with van der Waals surface area (Å²) < 4.78 is 25.8. The maximum absolute atomic E-state index is 12.1. The zero-order valence-electron chi connectivity index (χ0n) is 9.93. The molecule has 1 aromatic rings. The third kappa shape index (κ3) is 3.03. The van der Waals surface area contributed by atoms with Crippen molar-refractivity contribution in [3.8, 4) is 0 Å². The van der Waals surface area contributed by atoms with E-state index in [0.717, 1.165) is 11.3 Å². The van der Waals surface area contributed by atoms with Gasteiger partial charge in [-0.1, -0.05) is 25.1 Å². The molecule has 0 saturated carbocycles. The second-order valence-corrected chi connectivity index (χ2v) is 7.33. The van der Waals surface area contributed by atoms with Crippen LogP contribution in [0.4, 0.5) is 0 Å². The lowest BCUT2D eigenvalue weighted by Gasteiger charge is -2.19. The van der Waals surface area contributed by atoms with E-state index >= 15 is 0 Å². The van der Waals surface area contributed by atoms with Crippen molar-refractivity contribution in [2.45, 2.75) is 24.8 Å². The number of fused-ring (bicyclic) bond motifs is 1. The molecule has 3 nitrogen and oxygen atoms in total. The summed E-state index contributed by atoms with van der Waals surface area (Å²) >= 11 is 1.74. The summed E-state index contributed by atoms with van der Waals surface area (Å²) in [4.78, 5) is 1.21. The second kappa shape index (κ2) is 5.42. The van der Waals surface area contributed by atoms with Crippen LogP contribution in [0.5, 0.6) is 0 Å². The molecule has 0 fully saturated rings. The largest absolute Gasteiger partial charge is 0.214 e. The van der Waals surface area contributed by atoms with Crippen LogP contribution in [0.1, 0.15) is 18.9 Å². The molecule has 0 atom stereocenters. The van der Waals surface area contributed by atoms with Crippen molar-refractivity contribution < 1.29 is 8.42 Å². The Balaban J connectivity index is 2.24. The third-order valence-electron chi connectivity index (χ3n) is 2.77. The van der Waals surface area contributed by atoms with Crippen molar-refractivity contribution in [3.05, 3.63) is 29.8 Å². The lowest BCUT2D eigenvalue weighted by atomic mass is 10.2. The molecule has 0 radical (unpaired) electrons. The number of nitrogens with zero attached hydrogens (tertiary/aromatic N) is 1. The Morgan fingerprint density at radius 2 is 2.12 bits per heavy atom. The van der Waals surface area contributed by atoms with E-state index in [9.17, 15) is 8.42 Å². The van der Waals surface area contributed by atoms with Crippen LogP contribution >= 0.6 is 11.8 Å². The smallest absolute Gasteiger partial charge is 0.212 e. The maximum atomic E-state index is 12.1. The summed E-state index contributed by atoms with van der Waals surface area (Å²) in [5.74, 6) is 1.08. The molecule has 0 unspecified atom stereocenters. The van der Waals surface area contributed by atoms with Gasteiger partial charge in [0.2, 0.25) is 10.0 Å². The summed E-state index contributed by atoms with van der Waals surface area (Å²) in [6.07, 6.45) is 0.674. The molecule has 0 saturated heterocycles. The topological polar surface area (TPSA) is 37.4 Å². The van der Waals surface area contributed by atoms with Gasteiger partial charge in [-0.15, -0.1) is 11.8 Å². The predicted molar refractivity (Wildman–Crippen MR) is 71.7 cm³/mol. The summed E-state index contributed by atoms with van der Waals surface area (Å²) in [7, 11) is -3.08. The quantitative estimate of drug-likeness (QED) is 0.847. The Hall–Kier alpha value is -0.520. The van der Waals surface area contributed by atoms with E-state index in [1.165, 1.54) is 4.90 Å². The van der Waals surface area contributed by atoms with Crippen molar-refractivity contribution in [1.82, 2.24) is 4.31 Å². The van der Waals surface area contributed by atoms with Gasteiger partial charge in [0.1, 0.15) is 0 Å². The van der Waals surface area contributed by atoms with Crippen LogP contribution in [0, 0.1) is 0 Å². The highest BCUT2D eigenvalue weighted by Crippen LogP contribution is 2.28. The Bertz CT molecular complexity index is 485. The van der Waals surface area contributed by atoms with Gasteiger partial charge in [0, 0.05) is 23.7 Å². The molecule has 0 spiro atoms. The zero-order valence-corrected chi connectivity index (χ0v) is 11.6. The van der Waals surface area contributed by atoms with Gasteiger partial charge in [0.15, 0.2) is 0 Å². The van der Waals surface area contributed by atoms with Crippen LogP contribution in [-0.4, -0.2) is 30.8 Å². The maximum Gasteiger partial charge on any atom is 0.214 e. The van der Waals surface area contributed by atoms with Crippen LogP contribution in [0.3, 0.4) is 0 Å². The Morgan fingerprint density at radius 1 is 1.35 bits per heavy atom. The number of rotatable bonds is 3. The van der Waals surface area contributed by atoms with Crippen molar-refractivity contribution in [1.29, 1.82) is 0 Å². The van der Waals surface area contributed by atoms with Crippen LogP contribution in [0.25, 0.3) is 0 Å². The average molecular weight is 271 g/mol. The molecular weight excluding hydrogens is 254 g/mol. The highest BCUT2D eigenvalue weighted by molar-refractivity contribution is 7.99. The number of hydrogen-bond acceptors (Lipinski definition) is 3. The van der Waals surface area contributed by atoms with Crippen molar-refractivity contribution in [3.63, 3.8) is 0 Å². The van der Waals surface area contributed by atoms with E-state index in [4.69, 9.17) is 0 Å². The molecule has 17 heavy (non-hydrogen) atoms. The number of sulfonamides is 1. The van der Waals surface area contributed by atoms with Gasteiger partial charge in [0.05, 0.1) is 5.75 Å². The highest BCUT2D eigenvalue weighted by Gasteiger charge is 2.24. The second-order valence-electron chi connectivity index (χ2n) is 4.11. The molecule has 1 aliphatic rings. The van der Waals surface area contributed by atoms with Gasteiger partial charge >= 0.3 is 0 Å². The molecular formula is C12H17NO2S2. The van der Waals surface area contributed by atoms with Crippen LogP contribution in [-0.2, 0) is 16.6 Å². The number of thioether (sulfide) groups is 1. The molecule has 0 bridgehead atoms. The van der Waals surface area contributed by atoms with Gasteiger partial charge in [-0.2, -0.15) is 4.31 Å². The van der Waals surface area contributed by atoms with Gasteiger partial charge in [-0.25, -0.2) is 8.42 Å². The first-order valence-electron chi connectivity index (χ1n) is 5.82. The first-order chi connectivity index (χ1) is 8.13. The van der Waals surface area contributed by atoms with Crippen molar-refractivity contribution in [2.24, 2.45) is 0 Å². The van der Waals surface area contributed by atoms with Gasteiger partial charge in [0.25, 0.3) is 0 Å². The molecule has 0 amide bonds. The Kier molecular flexibility index (Phi) is 4.12. The summed E-state index contributed by atoms with van der Waals surface area (Å²) in [6.45, 7) is 3.03. The molecule has 0 aromatic heterocycles. The highest BCUT2D eigenvalue weighted by atomic mass is 32.2. The number of benzene rings is 1. The Morgan fingerprint density at radius 3 is 2.88 bits per heavy atom. The third-order valence-corrected chi connectivity index (χ3v) is 5.89. The van der Waals surface area contributed by atoms with E-state index in [2.05, 4.69) is 6.07 Å². The molecule has 1 heterocycles. The van der Waals surface area contributed by atoms with E-state index in [0.29, 0.717) is 19.5 Å². The molecule has 1 aromatic carbocycles. The zero-order chi connectivity index (χ0) is 12.3. The standard InChI is InChI=1S/C12H17NO2S2/c1-2-9-17(14,15)13-7-8-16-12-6-4-3-5-11(12)10-13/h3-6H,2,7-10H2,1H3. The fraction of sp³-hybridized carbons (Fsp3) is 0.500. The first kappa shape index (κ1) is 12.9. The monoisotopic (exact) mass is 271 g/mol. The minimum atomic E-state index is -3.08. The minimum absolute atomic E-state index is 0.250.